The third-order valence-electron chi connectivity index (χ3n) is 3.08. The van der Waals surface area contributed by atoms with Gasteiger partial charge in [0, 0.05) is 16.6 Å². The molecule has 17 heavy (non-hydrogen) atoms. The second-order valence-electron chi connectivity index (χ2n) is 4.19. The van der Waals surface area contributed by atoms with E-state index in [0.717, 1.165) is 53.3 Å². The molecule has 0 saturated heterocycles. The zero-order valence-corrected chi connectivity index (χ0v) is 10.4. The molecule has 0 atom stereocenters. The van der Waals surface area contributed by atoms with E-state index in [0.29, 0.717) is 0 Å². The minimum Gasteiger partial charge on any atom is -0.298 e. The third-order valence-corrected chi connectivity index (χ3v) is 3.08. The molecule has 0 aliphatic heterocycles. The first-order chi connectivity index (χ1) is 8.31. The largest absolute Gasteiger partial charge is 0.298 e. The number of fused-ring (bicyclic) bond motifs is 1. The molecule has 2 nitrogen and oxygen atoms in total. The number of benzene rings is 1. The molecule has 0 radical (unpaired) electrons. The van der Waals surface area contributed by atoms with E-state index in [9.17, 15) is 4.79 Å². The number of aryl methyl sites for hydroxylation is 1. The summed E-state index contributed by atoms with van der Waals surface area (Å²) < 4.78 is 0. The molecule has 0 saturated carbocycles. The van der Waals surface area contributed by atoms with Crippen molar-refractivity contribution in [3.63, 3.8) is 0 Å². The number of hydrogen-bond donors (Lipinski definition) is 0. The highest BCUT2D eigenvalue weighted by atomic mass is 16.1. The molecule has 0 aliphatic rings. The van der Waals surface area contributed by atoms with Crippen LogP contribution in [0.25, 0.3) is 10.9 Å². The summed E-state index contributed by atoms with van der Waals surface area (Å²) in [6, 6.07) is 7.86. The smallest absolute Gasteiger partial charge is 0.151 e. The predicted octanol–water partition coefficient (Wildman–Crippen LogP) is 3.56. The monoisotopic (exact) mass is 227 g/mol. The average Bonchev–Trinajstić information content (AvgIpc) is 2.37. The highest BCUT2D eigenvalue weighted by Gasteiger charge is 2.12. The number of carbonyl (C=O) groups is 1. The highest BCUT2D eigenvalue weighted by Crippen LogP contribution is 2.23. The molecule has 0 spiro atoms. The minimum absolute atomic E-state index is 0.821. The minimum atomic E-state index is 0.821. The fourth-order valence-corrected chi connectivity index (χ4v) is 2.30. The standard InChI is InChI=1S/C15H17NO/c1-3-7-14-11(4-2)13(10-17)12-8-5-6-9-15(12)16-14/h5-6,8-10H,3-4,7H2,1-2H3. The maximum absolute atomic E-state index is 11.3. The van der Waals surface area contributed by atoms with Crippen LogP contribution in [0, 0.1) is 0 Å². The Morgan fingerprint density at radius 3 is 2.65 bits per heavy atom. The second kappa shape index (κ2) is 5.09. The molecule has 0 bridgehead atoms. The molecule has 0 aliphatic carbocycles. The summed E-state index contributed by atoms with van der Waals surface area (Å²) in [5.74, 6) is 0. The first kappa shape index (κ1) is 11.8. The van der Waals surface area contributed by atoms with E-state index in [-0.39, 0.29) is 0 Å². The van der Waals surface area contributed by atoms with E-state index < -0.39 is 0 Å². The molecule has 1 heterocycles. The number of para-hydroxylation sites is 1. The summed E-state index contributed by atoms with van der Waals surface area (Å²) in [6.45, 7) is 4.22. The maximum atomic E-state index is 11.3. The Labute approximate surface area is 102 Å². The SMILES string of the molecule is CCCc1nc2ccccc2c(C=O)c1CC. The Morgan fingerprint density at radius 2 is 2.00 bits per heavy atom. The van der Waals surface area contributed by atoms with Crippen LogP contribution >= 0.6 is 0 Å². The van der Waals surface area contributed by atoms with Crippen LogP contribution in [0.4, 0.5) is 0 Å². The van der Waals surface area contributed by atoms with Crippen molar-refractivity contribution in [1.29, 1.82) is 0 Å². The van der Waals surface area contributed by atoms with Gasteiger partial charge >= 0.3 is 0 Å². The van der Waals surface area contributed by atoms with E-state index in [4.69, 9.17) is 0 Å². The number of pyridine rings is 1. The van der Waals surface area contributed by atoms with Gasteiger partial charge in [0.2, 0.25) is 0 Å². The zero-order chi connectivity index (χ0) is 12.3. The summed E-state index contributed by atoms with van der Waals surface area (Å²) in [5.41, 5.74) is 3.94. The quantitative estimate of drug-likeness (QED) is 0.747. The Kier molecular flexibility index (Phi) is 3.52. The highest BCUT2D eigenvalue weighted by molar-refractivity contribution is 5.98. The molecule has 1 aromatic carbocycles. The van der Waals surface area contributed by atoms with Gasteiger partial charge in [-0.15, -0.1) is 0 Å². The van der Waals surface area contributed by atoms with Gasteiger partial charge in [-0.25, -0.2) is 0 Å². The molecule has 88 valence electrons. The lowest BCUT2D eigenvalue weighted by atomic mass is 9.97. The molecule has 0 unspecified atom stereocenters. The Morgan fingerprint density at radius 1 is 1.24 bits per heavy atom. The Hall–Kier alpha value is -1.70. The van der Waals surface area contributed by atoms with Crippen LogP contribution in [0.3, 0.4) is 0 Å². The predicted molar refractivity (Wildman–Crippen MR) is 70.5 cm³/mol. The lowest BCUT2D eigenvalue weighted by Gasteiger charge is -2.11. The average molecular weight is 227 g/mol. The zero-order valence-electron chi connectivity index (χ0n) is 10.4. The topological polar surface area (TPSA) is 30.0 Å². The van der Waals surface area contributed by atoms with Crippen LogP contribution in [0.2, 0.25) is 0 Å². The summed E-state index contributed by atoms with van der Waals surface area (Å²) in [4.78, 5) is 16.0. The summed E-state index contributed by atoms with van der Waals surface area (Å²) >= 11 is 0. The normalized spacial score (nSPS) is 10.7. The molecular weight excluding hydrogens is 210 g/mol. The summed E-state index contributed by atoms with van der Waals surface area (Å²) in [5, 5.41) is 0.971. The number of nitrogens with zero attached hydrogens (tertiary/aromatic N) is 1. The van der Waals surface area contributed by atoms with Crippen LogP contribution in [0.5, 0.6) is 0 Å². The van der Waals surface area contributed by atoms with Crippen molar-refractivity contribution in [1.82, 2.24) is 4.98 Å². The molecule has 0 amide bonds. The van der Waals surface area contributed by atoms with Gasteiger partial charge in [0.1, 0.15) is 0 Å². The van der Waals surface area contributed by atoms with E-state index >= 15 is 0 Å². The van der Waals surface area contributed by atoms with Gasteiger partial charge in [0.05, 0.1) is 5.52 Å². The third kappa shape index (κ3) is 2.07. The van der Waals surface area contributed by atoms with Gasteiger partial charge in [-0.3, -0.25) is 9.78 Å². The van der Waals surface area contributed by atoms with Crippen molar-refractivity contribution in [2.75, 3.05) is 0 Å². The number of rotatable bonds is 4. The fourth-order valence-electron chi connectivity index (χ4n) is 2.30. The van der Waals surface area contributed by atoms with Crippen molar-refractivity contribution in [3.05, 3.63) is 41.1 Å². The summed E-state index contributed by atoms with van der Waals surface area (Å²) in [7, 11) is 0. The maximum Gasteiger partial charge on any atom is 0.151 e. The van der Waals surface area contributed by atoms with Crippen molar-refractivity contribution in [3.8, 4) is 0 Å². The van der Waals surface area contributed by atoms with Crippen molar-refractivity contribution < 1.29 is 4.79 Å². The lowest BCUT2D eigenvalue weighted by molar-refractivity contribution is 0.112. The fraction of sp³-hybridized carbons (Fsp3) is 0.333. The van der Waals surface area contributed by atoms with Gasteiger partial charge in [0.15, 0.2) is 6.29 Å². The Balaban J connectivity index is 2.78. The number of carbonyl (C=O) groups excluding carboxylic acids is 1. The van der Waals surface area contributed by atoms with Gasteiger partial charge in [-0.05, 0) is 24.5 Å². The molecular formula is C15H17NO. The van der Waals surface area contributed by atoms with Crippen molar-refractivity contribution in [2.45, 2.75) is 33.1 Å². The van der Waals surface area contributed by atoms with Gasteiger partial charge in [-0.1, -0.05) is 38.5 Å². The second-order valence-corrected chi connectivity index (χ2v) is 4.19. The Bertz CT molecular complexity index is 546. The lowest BCUT2D eigenvalue weighted by Crippen LogP contribution is -2.03. The van der Waals surface area contributed by atoms with E-state index in [1.54, 1.807) is 0 Å². The van der Waals surface area contributed by atoms with Gasteiger partial charge in [0.25, 0.3) is 0 Å². The number of aromatic nitrogens is 1. The molecule has 2 rings (SSSR count). The van der Waals surface area contributed by atoms with Crippen LogP contribution in [0.1, 0.15) is 41.9 Å². The number of aldehydes is 1. The van der Waals surface area contributed by atoms with E-state index in [2.05, 4.69) is 18.8 Å². The van der Waals surface area contributed by atoms with Crippen molar-refractivity contribution >= 4 is 17.2 Å². The molecule has 2 aromatic rings. The van der Waals surface area contributed by atoms with E-state index in [1.807, 2.05) is 24.3 Å². The van der Waals surface area contributed by atoms with Crippen LogP contribution in [-0.2, 0) is 12.8 Å². The van der Waals surface area contributed by atoms with Crippen LogP contribution in [-0.4, -0.2) is 11.3 Å². The van der Waals surface area contributed by atoms with Gasteiger partial charge < -0.3 is 0 Å². The molecule has 0 N–H and O–H groups in total. The molecule has 1 aromatic heterocycles. The van der Waals surface area contributed by atoms with Crippen molar-refractivity contribution in [2.24, 2.45) is 0 Å². The summed E-state index contributed by atoms with van der Waals surface area (Å²) in [6.07, 6.45) is 3.83. The van der Waals surface area contributed by atoms with Crippen LogP contribution < -0.4 is 0 Å². The first-order valence-electron chi connectivity index (χ1n) is 6.17. The molecule has 0 fully saturated rings. The molecule has 2 heteroatoms. The van der Waals surface area contributed by atoms with Gasteiger partial charge in [-0.2, -0.15) is 0 Å². The number of hydrogen-bond acceptors (Lipinski definition) is 2. The first-order valence-corrected chi connectivity index (χ1v) is 6.17. The van der Waals surface area contributed by atoms with Crippen LogP contribution in [0.15, 0.2) is 24.3 Å². The van der Waals surface area contributed by atoms with E-state index in [1.165, 1.54) is 0 Å².